The molecule has 1 N–H and O–H groups in total. The summed E-state index contributed by atoms with van der Waals surface area (Å²) in [5, 5.41) is 0.348. The fraction of sp³-hybridized carbons (Fsp3) is 0.429. The molecular formula is C21H22ClF3N2O4. The second kappa shape index (κ2) is 9.32. The van der Waals surface area contributed by atoms with Crippen LogP contribution in [0.5, 0.6) is 0 Å². The van der Waals surface area contributed by atoms with Gasteiger partial charge in [0.2, 0.25) is 5.91 Å². The van der Waals surface area contributed by atoms with Crippen molar-refractivity contribution >= 4 is 29.2 Å². The number of carbonyl (C=O) groups is 2. The molecule has 1 aliphatic heterocycles. The van der Waals surface area contributed by atoms with Gasteiger partial charge in [0.05, 0.1) is 7.11 Å². The van der Waals surface area contributed by atoms with Gasteiger partial charge in [-0.05, 0) is 30.9 Å². The minimum atomic E-state index is -4.99. The lowest BCUT2D eigenvalue weighted by molar-refractivity contribution is -0.342. The number of halogens is 4. The number of amides is 2. The first kappa shape index (κ1) is 23.1. The fourth-order valence-electron chi connectivity index (χ4n) is 3.78. The lowest BCUT2D eigenvalue weighted by Crippen LogP contribution is -2.52. The molecule has 0 saturated carbocycles. The lowest BCUT2D eigenvalue weighted by Gasteiger charge is -2.36. The molecule has 0 bridgehead atoms. The van der Waals surface area contributed by atoms with Crippen molar-refractivity contribution in [2.45, 2.75) is 43.1 Å². The van der Waals surface area contributed by atoms with Crippen LogP contribution in [0.25, 0.3) is 5.57 Å². The van der Waals surface area contributed by atoms with Crippen molar-refractivity contribution in [3.8, 4) is 0 Å². The van der Waals surface area contributed by atoms with E-state index < -0.39 is 35.9 Å². The van der Waals surface area contributed by atoms with E-state index in [0.29, 0.717) is 18.5 Å². The van der Waals surface area contributed by atoms with Crippen LogP contribution in [0.2, 0.25) is 0 Å². The van der Waals surface area contributed by atoms with Gasteiger partial charge in [-0.2, -0.15) is 0 Å². The van der Waals surface area contributed by atoms with Crippen molar-refractivity contribution in [2.75, 3.05) is 13.7 Å². The van der Waals surface area contributed by atoms with E-state index in [1.807, 2.05) is 0 Å². The number of hydrogen-bond acceptors (Lipinski definition) is 4. The zero-order valence-corrected chi connectivity index (χ0v) is 17.5. The highest BCUT2D eigenvalue weighted by Gasteiger charge is 2.47. The number of allylic oxidation sites excluding steroid dienone is 2. The molecule has 2 amide bonds. The molecule has 1 aromatic carbocycles. The number of hydrogen-bond donors (Lipinski definition) is 1. The Bertz CT molecular complexity index is 888. The summed E-state index contributed by atoms with van der Waals surface area (Å²) in [5.41, 5.74) is 0.741. The van der Waals surface area contributed by atoms with Crippen LogP contribution in [0, 0.1) is 0 Å². The summed E-state index contributed by atoms with van der Waals surface area (Å²) in [6, 6.07) is 7.53. The number of piperidine rings is 1. The van der Waals surface area contributed by atoms with Gasteiger partial charge in [-0.1, -0.05) is 48.0 Å². The normalized spacial score (nSPS) is 24.2. The number of benzene rings is 1. The highest BCUT2D eigenvalue weighted by molar-refractivity contribution is 6.29. The van der Waals surface area contributed by atoms with Crippen LogP contribution >= 0.6 is 11.6 Å². The molecule has 1 fully saturated rings. The predicted octanol–water partition coefficient (Wildman–Crippen LogP) is 4.57. The summed E-state index contributed by atoms with van der Waals surface area (Å²) in [5.74, 6) is -0.515. The molecule has 31 heavy (non-hydrogen) atoms. The molecule has 1 saturated heterocycles. The Morgan fingerprint density at radius 3 is 2.55 bits per heavy atom. The summed E-state index contributed by atoms with van der Waals surface area (Å²) in [6.45, 7) is 0.360. The van der Waals surface area contributed by atoms with Crippen molar-refractivity contribution < 1.29 is 32.2 Å². The first-order chi connectivity index (χ1) is 14.6. The van der Waals surface area contributed by atoms with E-state index in [9.17, 15) is 22.8 Å². The molecule has 1 aromatic rings. The second-order valence-corrected chi connectivity index (χ2v) is 7.87. The lowest BCUT2D eigenvalue weighted by atomic mass is 9.92. The van der Waals surface area contributed by atoms with Gasteiger partial charge in [-0.3, -0.25) is 14.4 Å². The van der Waals surface area contributed by atoms with Gasteiger partial charge >= 0.3 is 12.5 Å². The standard InChI is InChI=1S/C21H22ClF3N2O4/c1-30-19(29)27-12-6-5-9-17(27)18(28)26-15-10-11-16(14-7-3-2-4-8-14)20(22,13-15)31-21(23,24)25/h2-4,7-8,10-11,17H,5-6,9,12-13H2,1H3,(H,26,28). The Morgan fingerprint density at radius 1 is 1.19 bits per heavy atom. The third kappa shape index (κ3) is 5.59. The van der Waals surface area contributed by atoms with Crippen LogP contribution in [0.4, 0.5) is 18.0 Å². The number of nitrogens with one attached hydrogen (secondary N) is 1. The topological polar surface area (TPSA) is 67.9 Å². The quantitative estimate of drug-likeness (QED) is 0.671. The van der Waals surface area contributed by atoms with E-state index in [1.54, 1.807) is 30.3 Å². The molecule has 2 atom stereocenters. The van der Waals surface area contributed by atoms with Crippen LogP contribution in [-0.4, -0.2) is 48.0 Å². The molecule has 3 rings (SSSR count). The average molecular weight is 459 g/mol. The SMILES string of the molecule is COC(=O)N1CCCCC1C(=O)NC1=CC=C(c2ccccc2)C(Cl)(OC(F)(F)F)C1. The molecule has 2 aliphatic rings. The fourth-order valence-corrected chi connectivity index (χ4v) is 4.18. The Labute approximate surface area is 182 Å². The number of ether oxygens (including phenoxy) is 2. The summed E-state index contributed by atoms with van der Waals surface area (Å²) < 4.78 is 48.4. The maximum Gasteiger partial charge on any atom is 0.524 e. The Hall–Kier alpha value is -2.52. The molecular weight excluding hydrogens is 437 g/mol. The van der Waals surface area contributed by atoms with Crippen LogP contribution < -0.4 is 5.32 Å². The minimum Gasteiger partial charge on any atom is -0.453 e. The van der Waals surface area contributed by atoms with Gasteiger partial charge < -0.3 is 10.1 Å². The number of alkyl halides is 4. The summed E-state index contributed by atoms with van der Waals surface area (Å²) in [7, 11) is 1.22. The zero-order chi connectivity index (χ0) is 22.6. The first-order valence-electron chi connectivity index (χ1n) is 9.71. The van der Waals surface area contributed by atoms with Crippen LogP contribution in [0.1, 0.15) is 31.2 Å². The third-order valence-corrected chi connectivity index (χ3v) is 5.55. The molecule has 168 valence electrons. The molecule has 1 aliphatic carbocycles. The summed E-state index contributed by atoms with van der Waals surface area (Å²) >= 11 is 6.34. The maximum absolute atomic E-state index is 13.1. The van der Waals surface area contributed by atoms with Crippen LogP contribution in [-0.2, 0) is 14.3 Å². The average Bonchev–Trinajstić information content (AvgIpc) is 2.72. The summed E-state index contributed by atoms with van der Waals surface area (Å²) in [4.78, 5) is 26.1. The zero-order valence-electron chi connectivity index (χ0n) is 16.7. The van der Waals surface area contributed by atoms with E-state index >= 15 is 0 Å². The minimum absolute atomic E-state index is 0.124. The number of carbonyl (C=O) groups excluding carboxylic acids is 2. The van der Waals surface area contributed by atoms with Gasteiger partial charge in [-0.15, -0.1) is 13.2 Å². The predicted molar refractivity (Wildman–Crippen MR) is 108 cm³/mol. The number of rotatable bonds is 4. The Morgan fingerprint density at radius 2 is 1.90 bits per heavy atom. The second-order valence-electron chi connectivity index (χ2n) is 7.26. The molecule has 0 spiro atoms. The molecule has 6 nitrogen and oxygen atoms in total. The Balaban J connectivity index is 1.85. The molecule has 2 unspecified atom stereocenters. The molecule has 10 heteroatoms. The van der Waals surface area contributed by atoms with Crippen molar-refractivity contribution in [1.82, 2.24) is 10.2 Å². The van der Waals surface area contributed by atoms with Crippen molar-refractivity contribution in [3.63, 3.8) is 0 Å². The highest BCUT2D eigenvalue weighted by Crippen LogP contribution is 2.45. The first-order valence-corrected chi connectivity index (χ1v) is 10.1. The van der Waals surface area contributed by atoms with E-state index in [0.717, 1.165) is 12.8 Å². The Kier molecular flexibility index (Phi) is 6.96. The van der Waals surface area contributed by atoms with E-state index in [2.05, 4.69) is 10.1 Å². The van der Waals surface area contributed by atoms with Crippen molar-refractivity contribution in [2.24, 2.45) is 0 Å². The maximum atomic E-state index is 13.1. The number of likely N-dealkylation sites (tertiary alicyclic amines) is 1. The van der Waals surface area contributed by atoms with Gasteiger partial charge in [0.15, 0.2) is 5.06 Å². The van der Waals surface area contributed by atoms with E-state index in [-0.39, 0.29) is 11.3 Å². The largest absolute Gasteiger partial charge is 0.524 e. The highest BCUT2D eigenvalue weighted by atomic mass is 35.5. The molecule has 1 heterocycles. The van der Waals surface area contributed by atoms with E-state index in [1.165, 1.54) is 24.2 Å². The third-order valence-electron chi connectivity index (χ3n) is 5.13. The number of methoxy groups -OCH3 is 1. The van der Waals surface area contributed by atoms with Crippen molar-refractivity contribution in [3.05, 3.63) is 53.7 Å². The van der Waals surface area contributed by atoms with Crippen LogP contribution in [0.15, 0.2) is 48.2 Å². The molecule has 0 radical (unpaired) electrons. The van der Waals surface area contributed by atoms with Gasteiger partial charge in [0.1, 0.15) is 6.04 Å². The van der Waals surface area contributed by atoms with Crippen LogP contribution in [0.3, 0.4) is 0 Å². The summed E-state index contributed by atoms with van der Waals surface area (Å²) in [6.07, 6.45) is -1.27. The van der Waals surface area contributed by atoms with Crippen molar-refractivity contribution in [1.29, 1.82) is 0 Å². The van der Waals surface area contributed by atoms with Gasteiger partial charge in [-0.25, -0.2) is 4.79 Å². The number of nitrogens with zero attached hydrogens (tertiary/aromatic N) is 1. The monoisotopic (exact) mass is 458 g/mol. The van der Waals surface area contributed by atoms with Gasteiger partial charge in [0, 0.05) is 24.2 Å². The van der Waals surface area contributed by atoms with E-state index in [4.69, 9.17) is 16.3 Å². The van der Waals surface area contributed by atoms with Gasteiger partial charge in [0.25, 0.3) is 0 Å². The molecule has 0 aromatic heterocycles. The smallest absolute Gasteiger partial charge is 0.453 e.